The third kappa shape index (κ3) is 30.7. The Morgan fingerprint density at radius 1 is 0.208 bits per heavy atom. The molecule has 0 saturated carbocycles. The topological polar surface area (TPSA) is 332 Å². The van der Waals surface area contributed by atoms with Crippen LogP contribution in [0.4, 0.5) is 0 Å². The lowest BCUT2D eigenvalue weighted by Crippen LogP contribution is -2.39. The van der Waals surface area contributed by atoms with Gasteiger partial charge in [0.2, 0.25) is 0 Å². The van der Waals surface area contributed by atoms with Crippen molar-refractivity contribution in [3.05, 3.63) is 215 Å². The second-order valence-corrected chi connectivity index (χ2v) is 28.6. The summed E-state index contributed by atoms with van der Waals surface area (Å²) < 4.78 is 32.5. The Hall–Kier alpha value is -13.7. The molecule has 6 amide bonds. The molecule has 0 radical (unpaired) electrons. The largest absolute Gasteiger partial charge is 0.464 e. The molecule has 0 fully saturated rings. The highest BCUT2D eigenvalue weighted by molar-refractivity contribution is 6.04. The summed E-state index contributed by atoms with van der Waals surface area (Å²) >= 11 is 0. The number of hydrogen-bond acceptors (Lipinski definition) is 18. The molecule has 0 aliphatic heterocycles. The number of benzene rings is 6. The maximum atomic E-state index is 14.4. The number of unbranched alkanes of at least 4 members (excludes halogenated alkanes) is 6. The van der Waals surface area contributed by atoms with Crippen LogP contribution in [0.3, 0.4) is 0 Å². The van der Waals surface area contributed by atoms with Gasteiger partial charge in [0, 0.05) is 98.0 Å². The van der Waals surface area contributed by atoms with Crippen molar-refractivity contribution in [3.63, 3.8) is 0 Å². The quantitative estimate of drug-likeness (QED) is 0.0121. The first kappa shape index (κ1) is 93.5. The van der Waals surface area contributed by atoms with Gasteiger partial charge in [-0.05, 0) is 189 Å². The Balaban J connectivity index is 1.63. The highest BCUT2D eigenvalue weighted by atomic mass is 16.6. The molecule has 0 aromatic heterocycles. The van der Waals surface area contributed by atoms with Gasteiger partial charge in [-0.1, -0.05) is 153 Å². The van der Waals surface area contributed by atoms with Crippen LogP contribution in [0.15, 0.2) is 109 Å². The zero-order valence-corrected chi connectivity index (χ0v) is 69.9. The van der Waals surface area contributed by atoms with Crippen molar-refractivity contribution in [2.24, 2.45) is 0 Å². The summed E-state index contributed by atoms with van der Waals surface area (Å²) in [4.78, 5) is 165. The number of ether oxygens (including phenoxy) is 6. The fourth-order valence-electron chi connectivity index (χ4n) is 11.0. The SMILES string of the molecule is CCCCOC(=O)[C@H](C)NC(=O)c1cc2c#cc3cc(C(=O)N[C@@H](C)C(=O)OCCCC)cc(c#cc4cc(C(=O)N[C@@H](C)C(=O)OCCCC)cc(c#cc5cc(C(=O)N[C@@H](C)C(=O)OCCCC)cc(c#cc6cc(C(=O)N[C@@H](C)C(=O)OCCCC)cc(c#cc7cc(C(=O)N[C@@H](C)C(=O)OCCCC)cc(c#cc(c1)c2)c7)c6)c5)c4)c3. The van der Waals surface area contributed by atoms with Crippen LogP contribution in [0, 0.1) is 72.8 Å². The fourth-order valence-corrected chi connectivity index (χ4v) is 11.0. The standard InChI is InChI=1S/C96H102N6O18/c1-13-19-37-115-91(109)61(7)97-85(103)79-49-67-25-27-69-44-71(53-80(51-69)86(104)98-62(8)92(110)116-38-20-14-2)29-31-73-46-75(57-82(55-73)88(106)100-64(10)94(112)118-40-22-16-4)33-35-77-48-78(60-84(59-77)90(108)102-66(12)96(114)120-42-24-18-6)36-34-76-47-74(56-83(58-76)89(107)101-65(11)95(113)119-41-23-17-5)32-30-72-45-70(28-26-68(43-67)50-79)52-81(54-72)87(105)99-63(9)93(111)117-39-21-15-3/h43-66H,13-24,37-42H2,1-12H3,(H,97,103)(H,98,104)(H,99,105)(H,100,106)(H,101,107)(H,102,108)/t61-,62-,63-,64-,65-,66-/m0/s1. The molecule has 12 bridgehead atoms. The van der Waals surface area contributed by atoms with Gasteiger partial charge in [-0.2, -0.15) is 0 Å². The Morgan fingerprint density at radius 2 is 0.317 bits per heavy atom. The first-order chi connectivity index (χ1) is 57.6. The predicted octanol–water partition coefficient (Wildman–Crippen LogP) is 14.0. The molecule has 0 heterocycles. The minimum Gasteiger partial charge on any atom is -0.464 e. The van der Waals surface area contributed by atoms with Crippen molar-refractivity contribution in [1.29, 1.82) is 0 Å². The minimum atomic E-state index is -1.11. The summed E-state index contributed by atoms with van der Waals surface area (Å²) in [6.07, 6.45) is 8.10. The minimum absolute atomic E-state index is 0.000327. The smallest absolute Gasteiger partial charge is 0.328 e. The average Bonchev–Trinajstić information content (AvgIpc) is 0.817. The van der Waals surface area contributed by atoms with Gasteiger partial charge in [0.1, 0.15) is 36.3 Å². The summed E-state index contributed by atoms with van der Waals surface area (Å²) in [5.41, 5.74) is 0.00196. The van der Waals surface area contributed by atoms with E-state index in [0.717, 1.165) is 38.5 Å². The van der Waals surface area contributed by atoms with Crippen LogP contribution >= 0.6 is 0 Å². The lowest BCUT2D eigenvalue weighted by molar-refractivity contribution is -0.146. The zero-order chi connectivity index (χ0) is 87.2. The maximum Gasteiger partial charge on any atom is 0.328 e. The molecule has 7 rings (SSSR count). The maximum absolute atomic E-state index is 14.4. The summed E-state index contributed by atoms with van der Waals surface area (Å²) in [7, 11) is 0. The number of nitrogens with one attached hydrogen (secondary N) is 6. The Morgan fingerprint density at radius 3 is 0.417 bits per heavy atom. The van der Waals surface area contributed by atoms with Gasteiger partial charge in [-0.25, -0.2) is 28.8 Å². The van der Waals surface area contributed by atoms with Crippen molar-refractivity contribution in [1.82, 2.24) is 31.9 Å². The highest BCUT2D eigenvalue weighted by Crippen LogP contribution is 2.19. The number of amides is 6. The number of carbonyl (C=O) groups is 12. The van der Waals surface area contributed by atoms with Crippen LogP contribution in [0.1, 0.15) is 222 Å². The second-order valence-electron chi connectivity index (χ2n) is 28.6. The first-order valence-electron chi connectivity index (χ1n) is 40.5. The Kier molecular flexibility index (Phi) is 37.5. The van der Waals surface area contributed by atoms with E-state index in [0.29, 0.717) is 38.5 Å². The average molecular weight is 1630 g/mol. The molecule has 0 spiro atoms. The Labute approximate surface area is 701 Å². The summed E-state index contributed by atoms with van der Waals surface area (Å²) in [6.45, 7) is 21.3. The summed E-state index contributed by atoms with van der Waals surface area (Å²) in [6, 6.07) is 57.5. The summed E-state index contributed by atoms with van der Waals surface area (Å²) in [5.74, 6) is -8.31. The van der Waals surface area contributed by atoms with Crippen LogP contribution < -0.4 is 31.9 Å². The van der Waals surface area contributed by atoms with E-state index in [1.165, 1.54) is 114 Å². The van der Waals surface area contributed by atoms with E-state index < -0.39 is 108 Å². The summed E-state index contributed by atoms with van der Waals surface area (Å²) in [5, 5.41) is 18.6. The van der Waals surface area contributed by atoms with Crippen LogP contribution in [-0.4, -0.2) is 147 Å². The lowest BCUT2D eigenvalue weighted by Gasteiger charge is -2.13. The molecule has 7 aromatic carbocycles. The number of carbonyl (C=O) groups excluding carboxylic acids is 12. The molecule has 7 aromatic rings. The van der Waals surface area contributed by atoms with Gasteiger partial charge < -0.3 is 60.3 Å². The molecule has 6 N–H and O–H groups in total. The van der Waals surface area contributed by atoms with Gasteiger partial charge in [-0.15, -0.1) is 0 Å². The highest BCUT2D eigenvalue weighted by Gasteiger charge is 2.25. The third-order valence-corrected chi connectivity index (χ3v) is 17.9. The third-order valence-electron chi connectivity index (χ3n) is 17.9. The second kappa shape index (κ2) is 48.1. The van der Waals surface area contributed by atoms with E-state index >= 15 is 0 Å². The molecular formula is C96H102N6O18. The molecule has 6 atom stereocenters. The predicted molar refractivity (Wildman–Crippen MR) is 454 cm³/mol. The number of hydrogen-bond donors (Lipinski definition) is 6. The number of fused-ring (bicyclic) bond motifs is 12. The normalized spacial score (nSPS) is 11.9. The van der Waals surface area contributed by atoms with Gasteiger partial charge in [0.25, 0.3) is 35.4 Å². The van der Waals surface area contributed by atoms with Crippen molar-refractivity contribution >= 4 is 136 Å². The molecule has 624 valence electrons. The van der Waals surface area contributed by atoms with Crippen LogP contribution in [0.2, 0.25) is 0 Å². The van der Waals surface area contributed by atoms with E-state index in [4.69, 9.17) is 28.4 Å². The Bertz CT molecular complexity index is 4220. The first-order valence-corrected chi connectivity index (χ1v) is 40.5. The monoisotopic (exact) mass is 1630 g/mol. The van der Waals surface area contributed by atoms with E-state index in [2.05, 4.69) is 105 Å². The van der Waals surface area contributed by atoms with Crippen molar-refractivity contribution in [2.45, 2.75) is 196 Å². The van der Waals surface area contributed by atoms with Gasteiger partial charge in [0.05, 0.1) is 39.6 Å². The van der Waals surface area contributed by atoms with E-state index in [-0.39, 0.29) is 138 Å². The van der Waals surface area contributed by atoms with Crippen LogP contribution in [0.25, 0.3) is 64.6 Å². The van der Waals surface area contributed by atoms with Crippen molar-refractivity contribution < 1.29 is 86.0 Å². The fraction of sp³-hybridized carbons (Fsp3) is 0.375. The molecule has 0 aliphatic rings. The molecule has 120 heavy (non-hydrogen) atoms. The zero-order valence-electron chi connectivity index (χ0n) is 69.9. The van der Waals surface area contributed by atoms with Crippen molar-refractivity contribution in [2.75, 3.05) is 39.6 Å². The number of esters is 6. The van der Waals surface area contributed by atoms with E-state index in [1.807, 2.05) is 41.5 Å². The molecule has 24 nitrogen and oxygen atoms in total. The molecule has 0 unspecified atom stereocenters. The van der Waals surface area contributed by atoms with E-state index in [9.17, 15) is 57.5 Å². The molecule has 24 heteroatoms. The van der Waals surface area contributed by atoms with Crippen LogP contribution in [-0.2, 0) is 57.2 Å². The number of rotatable bonds is 36. The van der Waals surface area contributed by atoms with E-state index in [1.54, 1.807) is 36.4 Å². The molecule has 0 saturated heterocycles. The lowest BCUT2D eigenvalue weighted by atomic mass is 10.1. The van der Waals surface area contributed by atoms with Crippen molar-refractivity contribution in [3.8, 4) is 0 Å². The van der Waals surface area contributed by atoms with Gasteiger partial charge >= 0.3 is 35.8 Å². The van der Waals surface area contributed by atoms with Gasteiger partial charge in [0.15, 0.2) is 0 Å². The molecular weight excluding hydrogens is 1530 g/mol. The molecule has 0 aliphatic carbocycles. The van der Waals surface area contributed by atoms with Crippen LogP contribution in [0.5, 0.6) is 0 Å². The van der Waals surface area contributed by atoms with Gasteiger partial charge in [-0.3, -0.25) is 28.8 Å².